The van der Waals surface area contributed by atoms with Crippen LogP contribution in [0.25, 0.3) is 0 Å². The van der Waals surface area contributed by atoms with Crippen LogP contribution in [0.15, 0.2) is 24.7 Å². The maximum atomic E-state index is 12.7. The van der Waals surface area contributed by atoms with Crippen molar-refractivity contribution in [1.82, 2.24) is 19.6 Å². The zero-order valence-corrected chi connectivity index (χ0v) is 14.2. The number of carbonyl (C=O) groups excluding carboxylic acids is 1. The summed E-state index contributed by atoms with van der Waals surface area (Å²) in [6, 6.07) is 1.64. The molecule has 1 atom stereocenters. The lowest BCUT2D eigenvalue weighted by molar-refractivity contribution is -0.120. The van der Waals surface area contributed by atoms with E-state index in [-0.39, 0.29) is 17.5 Å². The average molecular weight is 316 g/mol. The van der Waals surface area contributed by atoms with Crippen molar-refractivity contribution >= 4 is 17.4 Å². The Balaban J connectivity index is 1.73. The quantitative estimate of drug-likeness (QED) is 0.940. The van der Waals surface area contributed by atoms with E-state index in [9.17, 15) is 4.79 Å². The predicted molar refractivity (Wildman–Crippen MR) is 89.4 cm³/mol. The smallest absolute Gasteiger partial charge is 0.250 e. The molecule has 124 valence electrons. The van der Waals surface area contributed by atoms with Gasteiger partial charge in [-0.3, -0.25) is 19.1 Å². The standard InChI is InChI=1S/C16H24N6O/c1-16(2,3)22-11-12(10-17-22)18-13-6-5-8-21(15(13)23)14-7-9-20(4)19-14/h7,9-11,13,18H,5-6,8H2,1-4H3/t13-/m0/s1. The molecule has 1 fully saturated rings. The van der Waals surface area contributed by atoms with Crippen LogP contribution in [-0.4, -0.2) is 38.1 Å². The van der Waals surface area contributed by atoms with Crippen molar-refractivity contribution in [2.24, 2.45) is 7.05 Å². The van der Waals surface area contributed by atoms with Gasteiger partial charge in [-0.05, 0) is 33.6 Å². The van der Waals surface area contributed by atoms with Crippen LogP contribution in [0.5, 0.6) is 0 Å². The van der Waals surface area contributed by atoms with Crippen LogP contribution in [-0.2, 0) is 17.4 Å². The number of nitrogens with one attached hydrogen (secondary N) is 1. The molecule has 1 aliphatic rings. The van der Waals surface area contributed by atoms with Crippen LogP contribution in [0.2, 0.25) is 0 Å². The van der Waals surface area contributed by atoms with E-state index in [0.717, 1.165) is 30.9 Å². The van der Waals surface area contributed by atoms with Crippen LogP contribution in [0.4, 0.5) is 11.5 Å². The summed E-state index contributed by atoms with van der Waals surface area (Å²) < 4.78 is 3.62. The minimum absolute atomic E-state index is 0.0680. The molecule has 0 saturated carbocycles. The van der Waals surface area contributed by atoms with E-state index >= 15 is 0 Å². The van der Waals surface area contributed by atoms with Gasteiger partial charge < -0.3 is 5.32 Å². The first kappa shape index (κ1) is 15.6. The number of amides is 1. The second kappa shape index (κ2) is 5.72. The summed E-state index contributed by atoms with van der Waals surface area (Å²) in [6.45, 7) is 7.00. The summed E-state index contributed by atoms with van der Waals surface area (Å²) in [7, 11) is 1.86. The third-order valence-electron chi connectivity index (χ3n) is 4.03. The highest BCUT2D eigenvalue weighted by Gasteiger charge is 2.31. The molecule has 0 aromatic carbocycles. The first-order valence-electron chi connectivity index (χ1n) is 7.97. The van der Waals surface area contributed by atoms with Crippen molar-refractivity contribution in [1.29, 1.82) is 0 Å². The van der Waals surface area contributed by atoms with Crippen molar-refractivity contribution < 1.29 is 4.79 Å². The SMILES string of the molecule is Cn1ccc(N2CCC[C@H](Nc3cnn(C(C)(C)C)c3)C2=O)n1. The third kappa shape index (κ3) is 3.23. The van der Waals surface area contributed by atoms with Crippen LogP contribution >= 0.6 is 0 Å². The maximum absolute atomic E-state index is 12.7. The molecule has 3 heterocycles. The highest BCUT2D eigenvalue weighted by Crippen LogP contribution is 2.22. The molecule has 1 saturated heterocycles. The summed E-state index contributed by atoms with van der Waals surface area (Å²) in [5.41, 5.74) is 0.803. The van der Waals surface area contributed by atoms with Gasteiger partial charge in [-0.2, -0.15) is 10.2 Å². The molecular weight excluding hydrogens is 292 g/mol. The van der Waals surface area contributed by atoms with Gasteiger partial charge in [-0.1, -0.05) is 0 Å². The van der Waals surface area contributed by atoms with Crippen LogP contribution < -0.4 is 10.2 Å². The van der Waals surface area contributed by atoms with Crippen molar-refractivity contribution in [3.8, 4) is 0 Å². The number of aryl methyl sites for hydroxylation is 1. The lowest BCUT2D eigenvalue weighted by Crippen LogP contribution is -2.48. The second-order valence-corrected chi connectivity index (χ2v) is 7.02. The summed E-state index contributed by atoms with van der Waals surface area (Å²) >= 11 is 0. The second-order valence-electron chi connectivity index (χ2n) is 7.02. The number of carbonyl (C=O) groups is 1. The fourth-order valence-corrected chi connectivity index (χ4v) is 2.75. The number of rotatable bonds is 3. The van der Waals surface area contributed by atoms with Gasteiger partial charge in [-0.25, -0.2) is 0 Å². The molecule has 3 rings (SSSR count). The molecule has 0 aliphatic carbocycles. The highest BCUT2D eigenvalue weighted by molar-refractivity contribution is 5.98. The first-order valence-corrected chi connectivity index (χ1v) is 7.97. The van der Waals surface area contributed by atoms with E-state index in [1.54, 1.807) is 15.8 Å². The molecule has 1 amide bonds. The molecule has 7 nitrogen and oxygen atoms in total. The van der Waals surface area contributed by atoms with Gasteiger partial charge in [0, 0.05) is 32.1 Å². The largest absolute Gasteiger partial charge is 0.371 e. The zero-order valence-electron chi connectivity index (χ0n) is 14.2. The lowest BCUT2D eigenvalue weighted by Gasteiger charge is -2.31. The molecule has 0 spiro atoms. The topological polar surface area (TPSA) is 68.0 Å². The van der Waals surface area contributed by atoms with Gasteiger partial charge in [0.15, 0.2) is 5.82 Å². The zero-order chi connectivity index (χ0) is 16.6. The van der Waals surface area contributed by atoms with Crippen LogP contribution in [0, 0.1) is 0 Å². The molecule has 23 heavy (non-hydrogen) atoms. The van der Waals surface area contributed by atoms with E-state index in [2.05, 4.69) is 36.3 Å². The van der Waals surface area contributed by atoms with Gasteiger partial charge >= 0.3 is 0 Å². The van der Waals surface area contributed by atoms with Gasteiger partial charge in [0.1, 0.15) is 6.04 Å². The predicted octanol–water partition coefficient (Wildman–Crippen LogP) is 1.98. The summed E-state index contributed by atoms with van der Waals surface area (Å²) in [5.74, 6) is 0.785. The van der Waals surface area contributed by atoms with Crippen molar-refractivity contribution in [3.05, 3.63) is 24.7 Å². The third-order valence-corrected chi connectivity index (χ3v) is 4.03. The molecule has 0 radical (unpaired) electrons. The molecule has 7 heteroatoms. The molecule has 1 N–H and O–H groups in total. The number of hydrogen-bond donors (Lipinski definition) is 1. The fraction of sp³-hybridized carbons (Fsp3) is 0.562. The normalized spacial score (nSPS) is 19.2. The van der Waals surface area contributed by atoms with E-state index in [1.807, 2.05) is 30.2 Å². The molecule has 0 bridgehead atoms. The number of aromatic nitrogens is 4. The Morgan fingerprint density at radius 1 is 1.35 bits per heavy atom. The van der Waals surface area contributed by atoms with E-state index in [0.29, 0.717) is 0 Å². The minimum atomic E-state index is -0.233. The van der Waals surface area contributed by atoms with Crippen molar-refractivity contribution in [2.45, 2.75) is 45.2 Å². The highest BCUT2D eigenvalue weighted by atomic mass is 16.2. The Labute approximate surface area is 136 Å². The van der Waals surface area contributed by atoms with E-state index in [4.69, 9.17) is 0 Å². The first-order chi connectivity index (χ1) is 10.8. The van der Waals surface area contributed by atoms with Crippen molar-refractivity contribution in [2.75, 3.05) is 16.8 Å². The van der Waals surface area contributed by atoms with Crippen LogP contribution in [0.3, 0.4) is 0 Å². The van der Waals surface area contributed by atoms with Crippen molar-refractivity contribution in [3.63, 3.8) is 0 Å². The minimum Gasteiger partial charge on any atom is -0.371 e. The number of nitrogens with zero attached hydrogens (tertiary/aromatic N) is 5. The summed E-state index contributed by atoms with van der Waals surface area (Å²) in [6.07, 6.45) is 7.36. The van der Waals surface area contributed by atoms with E-state index in [1.165, 1.54) is 0 Å². The Bertz CT molecular complexity index is 695. The number of piperidine rings is 1. The van der Waals surface area contributed by atoms with Gasteiger partial charge in [-0.15, -0.1) is 0 Å². The maximum Gasteiger partial charge on any atom is 0.250 e. The number of anilines is 2. The molecule has 2 aromatic heterocycles. The van der Waals surface area contributed by atoms with Gasteiger partial charge in [0.05, 0.1) is 17.4 Å². The molecule has 1 aliphatic heterocycles. The number of hydrogen-bond acceptors (Lipinski definition) is 4. The Morgan fingerprint density at radius 3 is 2.74 bits per heavy atom. The Hall–Kier alpha value is -2.31. The van der Waals surface area contributed by atoms with Gasteiger partial charge in [0.2, 0.25) is 0 Å². The molecule has 2 aromatic rings. The molecular formula is C16H24N6O. The van der Waals surface area contributed by atoms with E-state index < -0.39 is 0 Å². The Morgan fingerprint density at radius 2 is 2.13 bits per heavy atom. The summed E-state index contributed by atoms with van der Waals surface area (Å²) in [5, 5.41) is 12.0. The average Bonchev–Trinajstić information content (AvgIpc) is 3.10. The fourth-order valence-electron chi connectivity index (χ4n) is 2.75. The molecule has 0 unspecified atom stereocenters. The van der Waals surface area contributed by atoms with Crippen LogP contribution in [0.1, 0.15) is 33.6 Å². The Kier molecular flexibility index (Phi) is 3.87. The lowest BCUT2D eigenvalue weighted by atomic mass is 10.0. The monoisotopic (exact) mass is 316 g/mol. The summed E-state index contributed by atoms with van der Waals surface area (Å²) in [4.78, 5) is 14.5. The van der Waals surface area contributed by atoms with Gasteiger partial charge in [0.25, 0.3) is 5.91 Å².